The molecule has 1 atom stereocenters. The molecule has 0 radical (unpaired) electrons. The lowest BCUT2D eigenvalue weighted by atomic mass is 9.84. The second-order valence-electron chi connectivity index (χ2n) is 10.3. The zero-order chi connectivity index (χ0) is 28.4. The Morgan fingerprint density at radius 1 is 1.02 bits per heavy atom. The first-order valence-corrected chi connectivity index (χ1v) is 13.6. The molecule has 0 saturated carbocycles. The fourth-order valence-electron chi connectivity index (χ4n) is 5.95. The average molecular weight is 575 g/mol. The van der Waals surface area contributed by atoms with E-state index < -0.39 is 11.5 Å². The Bertz CT molecular complexity index is 1800. The molecule has 2 aromatic heterocycles. The maximum Gasteiger partial charge on any atom is 0.300 e. The van der Waals surface area contributed by atoms with E-state index in [1.165, 1.54) is 18.2 Å². The monoisotopic (exact) mass is 574 g/mol. The van der Waals surface area contributed by atoms with E-state index in [2.05, 4.69) is 15.2 Å². The van der Waals surface area contributed by atoms with Crippen LogP contribution in [0.4, 0.5) is 8.78 Å². The van der Waals surface area contributed by atoms with Crippen molar-refractivity contribution in [3.05, 3.63) is 106 Å². The van der Waals surface area contributed by atoms with Crippen molar-refractivity contribution in [2.75, 3.05) is 7.11 Å². The molecule has 2 aliphatic rings. The van der Waals surface area contributed by atoms with E-state index >= 15 is 8.78 Å². The van der Waals surface area contributed by atoms with E-state index in [0.717, 1.165) is 17.5 Å². The van der Waals surface area contributed by atoms with Crippen LogP contribution >= 0.6 is 11.6 Å². The fourth-order valence-corrected chi connectivity index (χ4v) is 6.19. The van der Waals surface area contributed by atoms with Crippen LogP contribution in [0.25, 0.3) is 22.7 Å². The maximum atomic E-state index is 15.9. The Hall–Kier alpha value is -4.08. The number of benzene rings is 3. The van der Waals surface area contributed by atoms with Crippen molar-refractivity contribution in [1.82, 2.24) is 19.7 Å². The van der Waals surface area contributed by atoms with Crippen LogP contribution < -0.4 is 4.74 Å². The molecule has 2 aliphatic heterocycles. The number of aryl methyl sites for hydroxylation is 1. The molecule has 0 amide bonds. The molecule has 1 spiro atoms. The molecule has 7 nitrogen and oxygen atoms in total. The van der Waals surface area contributed by atoms with Crippen LogP contribution in [0.2, 0.25) is 5.02 Å². The standard InChI is InChI=1S/C31H25ClF2N4O3/c1-18-35-16-27(41-18)22-10-8-19(14-26(22)39-2)28-36-37-29-30(12-5-13-38(28)29)21-9-11-25(32)24(15-21)31(33,34)23-7-4-3-6-20(23)17-40-30/h3-4,6-11,14-16H,5,12-13,17H2,1-2H3. The predicted octanol–water partition coefficient (Wildman–Crippen LogP) is 7.28. The minimum Gasteiger partial charge on any atom is -0.496 e. The highest BCUT2D eigenvalue weighted by atomic mass is 35.5. The van der Waals surface area contributed by atoms with Gasteiger partial charge in [-0.15, -0.1) is 10.2 Å². The predicted molar refractivity (Wildman–Crippen MR) is 148 cm³/mol. The van der Waals surface area contributed by atoms with Crippen molar-refractivity contribution >= 4 is 11.6 Å². The molecule has 10 heteroatoms. The third kappa shape index (κ3) is 3.98. The number of nitrogens with zero attached hydrogens (tertiary/aromatic N) is 4. The topological polar surface area (TPSA) is 75.2 Å². The van der Waals surface area contributed by atoms with E-state index in [4.69, 9.17) is 25.5 Å². The van der Waals surface area contributed by atoms with Crippen molar-refractivity contribution in [3.8, 4) is 28.5 Å². The highest BCUT2D eigenvalue weighted by Crippen LogP contribution is 2.49. The molecule has 1 unspecified atom stereocenters. The summed E-state index contributed by atoms with van der Waals surface area (Å²) in [5, 5.41) is 9.19. The zero-order valence-electron chi connectivity index (χ0n) is 22.3. The van der Waals surface area contributed by atoms with E-state index in [9.17, 15) is 0 Å². The third-order valence-corrected chi connectivity index (χ3v) is 8.30. The van der Waals surface area contributed by atoms with Gasteiger partial charge >= 0.3 is 0 Å². The zero-order valence-corrected chi connectivity index (χ0v) is 23.1. The number of ether oxygens (including phenoxy) is 2. The third-order valence-electron chi connectivity index (χ3n) is 7.97. The number of aromatic nitrogens is 4. The van der Waals surface area contributed by atoms with Crippen LogP contribution in [0.15, 0.2) is 71.3 Å². The van der Waals surface area contributed by atoms with Crippen molar-refractivity contribution in [1.29, 1.82) is 0 Å². The molecule has 3 aromatic carbocycles. The molecule has 4 heterocycles. The van der Waals surface area contributed by atoms with Crippen LogP contribution in [-0.2, 0) is 29.4 Å². The lowest BCUT2D eigenvalue weighted by Gasteiger charge is -2.37. The molecule has 0 N–H and O–H groups in total. The highest BCUT2D eigenvalue weighted by molar-refractivity contribution is 6.31. The molecular formula is C31H25ClF2N4O3. The Labute approximate surface area is 239 Å². The van der Waals surface area contributed by atoms with Crippen molar-refractivity contribution in [2.24, 2.45) is 0 Å². The number of methoxy groups -OCH3 is 1. The highest BCUT2D eigenvalue weighted by Gasteiger charge is 2.47. The average Bonchev–Trinajstić information content (AvgIpc) is 3.63. The number of hydrogen-bond acceptors (Lipinski definition) is 6. The van der Waals surface area contributed by atoms with Gasteiger partial charge in [-0.25, -0.2) is 4.98 Å². The summed E-state index contributed by atoms with van der Waals surface area (Å²) in [4.78, 5) is 4.19. The number of alkyl halides is 2. The van der Waals surface area contributed by atoms with Gasteiger partial charge in [0.1, 0.15) is 5.75 Å². The molecule has 41 heavy (non-hydrogen) atoms. The van der Waals surface area contributed by atoms with E-state index in [0.29, 0.717) is 53.1 Å². The van der Waals surface area contributed by atoms with Gasteiger partial charge < -0.3 is 18.5 Å². The Balaban J connectivity index is 1.37. The van der Waals surface area contributed by atoms with Crippen LogP contribution in [0.1, 0.15) is 46.8 Å². The summed E-state index contributed by atoms with van der Waals surface area (Å²) < 4.78 is 51.9. The van der Waals surface area contributed by atoms with Gasteiger partial charge in [-0.2, -0.15) is 8.78 Å². The first kappa shape index (κ1) is 25.9. The first-order valence-electron chi connectivity index (χ1n) is 13.3. The maximum absolute atomic E-state index is 15.9. The molecule has 0 fully saturated rings. The minimum absolute atomic E-state index is 0.00213. The van der Waals surface area contributed by atoms with Gasteiger partial charge in [0.15, 0.2) is 28.9 Å². The Morgan fingerprint density at radius 2 is 1.88 bits per heavy atom. The largest absolute Gasteiger partial charge is 0.496 e. The number of rotatable bonds is 3. The van der Waals surface area contributed by atoms with Gasteiger partial charge in [0.25, 0.3) is 5.92 Å². The Morgan fingerprint density at radius 3 is 2.68 bits per heavy atom. The van der Waals surface area contributed by atoms with Gasteiger partial charge in [0.05, 0.1) is 30.5 Å². The summed E-state index contributed by atoms with van der Waals surface area (Å²) in [7, 11) is 1.59. The summed E-state index contributed by atoms with van der Waals surface area (Å²) in [6, 6.07) is 16.9. The van der Waals surface area contributed by atoms with Crippen molar-refractivity contribution in [3.63, 3.8) is 0 Å². The lowest BCUT2D eigenvalue weighted by Crippen LogP contribution is -2.38. The van der Waals surface area contributed by atoms with Crippen molar-refractivity contribution < 1.29 is 22.7 Å². The summed E-state index contributed by atoms with van der Waals surface area (Å²) in [6.07, 6.45) is 2.93. The number of oxazole rings is 1. The summed E-state index contributed by atoms with van der Waals surface area (Å²) in [5.74, 6) is -0.357. The molecule has 0 saturated heterocycles. The number of hydrogen-bond donors (Lipinski definition) is 0. The molecule has 5 aromatic rings. The molecule has 2 bridgehead atoms. The fraction of sp³-hybridized carbons (Fsp3) is 0.258. The van der Waals surface area contributed by atoms with Gasteiger partial charge in [-0.05, 0) is 48.2 Å². The molecule has 208 valence electrons. The molecular weight excluding hydrogens is 550 g/mol. The van der Waals surface area contributed by atoms with Gasteiger partial charge in [-0.1, -0.05) is 48.0 Å². The number of halogens is 3. The lowest BCUT2D eigenvalue weighted by molar-refractivity contribution is -0.0550. The minimum atomic E-state index is -3.30. The first-order chi connectivity index (χ1) is 19.8. The van der Waals surface area contributed by atoms with Crippen LogP contribution in [0.3, 0.4) is 0 Å². The molecule has 7 rings (SSSR count). The summed E-state index contributed by atoms with van der Waals surface area (Å²) in [6.45, 7) is 2.40. The smallest absolute Gasteiger partial charge is 0.300 e. The quantitative estimate of drug-likeness (QED) is 0.225. The van der Waals surface area contributed by atoms with Crippen LogP contribution in [0.5, 0.6) is 5.75 Å². The normalized spacial score (nSPS) is 19.1. The SMILES string of the molecule is COc1cc(-c2nnc3n2CCCC32OCc3ccccc3C(F)(F)c3cc2ccc3Cl)ccc1-c1cnc(C)o1. The van der Waals surface area contributed by atoms with E-state index in [1.807, 2.05) is 22.8 Å². The molecule has 0 aliphatic carbocycles. The van der Waals surface area contributed by atoms with E-state index in [1.54, 1.807) is 44.5 Å². The van der Waals surface area contributed by atoms with Gasteiger partial charge in [-0.3, -0.25) is 0 Å². The van der Waals surface area contributed by atoms with Crippen molar-refractivity contribution in [2.45, 2.75) is 44.4 Å². The van der Waals surface area contributed by atoms with E-state index in [-0.39, 0.29) is 22.8 Å². The van der Waals surface area contributed by atoms with Gasteiger partial charge in [0.2, 0.25) is 0 Å². The van der Waals surface area contributed by atoms with Crippen LogP contribution in [0, 0.1) is 6.92 Å². The number of fused-ring (bicyclic) bond motifs is 6. The Kier molecular flexibility index (Phi) is 5.99. The summed E-state index contributed by atoms with van der Waals surface area (Å²) in [5.41, 5.74) is 1.04. The summed E-state index contributed by atoms with van der Waals surface area (Å²) >= 11 is 6.38. The van der Waals surface area contributed by atoms with Gasteiger partial charge in [0, 0.05) is 30.2 Å². The second-order valence-corrected chi connectivity index (χ2v) is 10.7. The van der Waals surface area contributed by atoms with Crippen LogP contribution in [-0.4, -0.2) is 26.9 Å². The second kappa shape index (κ2) is 9.49.